The van der Waals surface area contributed by atoms with Crippen LogP contribution in [0, 0.1) is 5.92 Å². The number of ether oxygens (including phenoxy) is 2. The highest BCUT2D eigenvalue weighted by atomic mass is 35.5. The molecule has 1 saturated heterocycles. The average molecular weight is 658 g/mol. The highest BCUT2D eigenvalue weighted by Crippen LogP contribution is 2.49. The Balaban J connectivity index is 1.01. The fourth-order valence-corrected chi connectivity index (χ4v) is 8.15. The molecule has 4 heterocycles. The van der Waals surface area contributed by atoms with Crippen molar-refractivity contribution >= 4 is 34.4 Å². The molecule has 2 aromatic carbocycles. The van der Waals surface area contributed by atoms with Crippen LogP contribution in [0.2, 0.25) is 5.02 Å². The smallest absolute Gasteiger partial charge is 0.225 e. The van der Waals surface area contributed by atoms with Crippen LogP contribution in [0.5, 0.6) is 11.5 Å². The lowest BCUT2D eigenvalue weighted by atomic mass is 9.68. The summed E-state index contributed by atoms with van der Waals surface area (Å²) in [4.78, 5) is 29.9. The van der Waals surface area contributed by atoms with Crippen LogP contribution in [0.25, 0.3) is 11.0 Å². The van der Waals surface area contributed by atoms with E-state index in [2.05, 4.69) is 48.9 Å². The number of carbonyl (C=O) groups excluding carboxylic acids is 1. The van der Waals surface area contributed by atoms with Gasteiger partial charge >= 0.3 is 0 Å². The minimum atomic E-state index is -0.0741. The van der Waals surface area contributed by atoms with E-state index in [0.717, 1.165) is 85.7 Å². The number of halogens is 1. The molecular formula is C36H44ClN7O3. The number of amides is 1. The Morgan fingerprint density at radius 3 is 2.45 bits per heavy atom. The van der Waals surface area contributed by atoms with E-state index >= 15 is 0 Å². The van der Waals surface area contributed by atoms with Crippen LogP contribution < -0.4 is 14.4 Å². The lowest BCUT2D eigenvalue weighted by Gasteiger charge is -2.51. The highest BCUT2D eigenvalue weighted by Gasteiger charge is 2.46. The Kier molecular flexibility index (Phi) is 8.98. The molecule has 1 amide bonds. The van der Waals surface area contributed by atoms with Crippen molar-refractivity contribution in [1.82, 2.24) is 29.5 Å². The third-order valence-corrected chi connectivity index (χ3v) is 10.6. The summed E-state index contributed by atoms with van der Waals surface area (Å²) in [5.41, 5.74) is 4.49. The van der Waals surface area contributed by atoms with Crippen molar-refractivity contribution in [2.75, 3.05) is 57.9 Å². The van der Waals surface area contributed by atoms with Gasteiger partial charge in [0.25, 0.3) is 0 Å². The standard InChI is InChI=1S/C36H44ClN7O3/c1-4-46-31-20-27-11-14-41(3)36(30(27)21-32(31)47-5-2)12-9-26(10-13-36)35(45)43-17-15-42(16-18-43)33-29-22-40-44(34(29)39-24-38-33)23-25-7-6-8-28(37)19-25/h6-8,19-22,24,26H,4-5,9-18,23H2,1-3H3. The van der Waals surface area contributed by atoms with Gasteiger partial charge in [0.2, 0.25) is 5.91 Å². The first kappa shape index (κ1) is 31.7. The molecular weight excluding hydrogens is 614 g/mol. The van der Waals surface area contributed by atoms with Crippen molar-refractivity contribution in [3.05, 3.63) is 70.6 Å². The fraction of sp³-hybridized carbons (Fsp3) is 0.500. The molecule has 0 unspecified atom stereocenters. The van der Waals surface area contributed by atoms with Gasteiger partial charge in [-0.1, -0.05) is 23.7 Å². The molecule has 1 aliphatic carbocycles. The van der Waals surface area contributed by atoms with Crippen LogP contribution in [0.15, 0.2) is 48.9 Å². The van der Waals surface area contributed by atoms with E-state index in [-0.39, 0.29) is 11.5 Å². The molecule has 11 heteroatoms. The molecule has 0 atom stereocenters. The zero-order chi connectivity index (χ0) is 32.5. The Labute approximate surface area is 281 Å². The number of aromatic nitrogens is 4. The summed E-state index contributed by atoms with van der Waals surface area (Å²) in [6.07, 6.45) is 8.15. The number of anilines is 1. The van der Waals surface area contributed by atoms with Crippen LogP contribution in [-0.2, 0) is 23.3 Å². The summed E-state index contributed by atoms with van der Waals surface area (Å²) in [6, 6.07) is 12.2. The van der Waals surface area contributed by atoms with Crippen LogP contribution in [0.4, 0.5) is 5.82 Å². The number of piperazine rings is 1. The molecule has 1 saturated carbocycles. The summed E-state index contributed by atoms with van der Waals surface area (Å²) < 4.78 is 13.9. The van der Waals surface area contributed by atoms with Gasteiger partial charge in [0.05, 0.1) is 31.3 Å². The number of rotatable bonds is 8. The topological polar surface area (TPSA) is 88.9 Å². The summed E-state index contributed by atoms with van der Waals surface area (Å²) in [6.45, 7) is 9.64. The third kappa shape index (κ3) is 6.02. The van der Waals surface area contributed by atoms with Crippen molar-refractivity contribution in [2.45, 2.75) is 58.0 Å². The predicted molar refractivity (Wildman–Crippen MR) is 183 cm³/mol. The second-order valence-corrected chi connectivity index (χ2v) is 13.4. The monoisotopic (exact) mass is 657 g/mol. The zero-order valence-electron chi connectivity index (χ0n) is 27.6. The lowest BCUT2D eigenvalue weighted by Crippen LogP contribution is -2.54. The Morgan fingerprint density at radius 2 is 1.72 bits per heavy atom. The summed E-state index contributed by atoms with van der Waals surface area (Å²) in [7, 11) is 2.24. The van der Waals surface area contributed by atoms with Crippen molar-refractivity contribution in [3.63, 3.8) is 0 Å². The predicted octanol–water partition coefficient (Wildman–Crippen LogP) is 5.55. The maximum absolute atomic E-state index is 13.9. The van der Waals surface area contributed by atoms with E-state index in [9.17, 15) is 4.79 Å². The van der Waals surface area contributed by atoms with Crippen molar-refractivity contribution < 1.29 is 14.3 Å². The summed E-state index contributed by atoms with van der Waals surface area (Å²) >= 11 is 6.20. The second-order valence-electron chi connectivity index (χ2n) is 13.0. The first-order chi connectivity index (χ1) is 22.9. The van der Waals surface area contributed by atoms with Gasteiger partial charge < -0.3 is 19.3 Å². The van der Waals surface area contributed by atoms with E-state index in [4.69, 9.17) is 21.1 Å². The molecule has 1 spiro atoms. The van der Waals surface area contributed by atoms with Crippen LogP contribution >= 0.6 is 11.6 Å². The molecule has 10 nitrogen and oxygen atoms in total. The molecule has 0 bridgehead atoms. The number of fused-ring (bicyclic) bond motifs is 3. The number of carbonyl (C=O) groups is 1. The van der Waals surface area contributed by atoms with Gasteiger partial charge in [-0.25, -0.2) is 14.6 Å². The van der Waals surface area contributed by atoms with E-state index < -0.39 is 0 Å². The largest absolute Gasteiger partial charge is 0.490 e. The molecule has 2 aromatic heterocycles. The number of hydrogen-bond acceptors (Lipinski definition) is 8. The van der Waals surface area contributed by atoms with E-state index in [1.54, 1.807) is 6.33 Å². The molecule has 2 fully saturated rings. The molecule has 4 aromatic rings. The Morgan fingerprint density at radius 1 is 0.979 bits per heavy atom. The summed E-state index contributed by atoms with van der Waals surface area (Å²) in [5.74, 6) is 2.88. The van der Waals surface area contributed by atoms with Gasteiger partial charge in [-0.05, 0) is 94.0 Å². The van der Waals surface area contributed by atoms with Gasteiger partial charge in [-0.15, -0.1) is 0 Å². The normalized spacial score (nSPS) is 21.7. The number of likely N-dealkylation sites (N-methyl/N-ethyl adjacent to an activating group) is 1. The Hall–Kier alpha value is -3.89. The number of hydrogen-bond donors (Lipinski definition) is 0. The molecule has 47 heavy (non-hydrogen) atoms. The first-order valence-electron chi connectivity index (χ1n) is 17.0. The van der Waals surface area contributed by atoms with Crippen LogP contribution in [0.1, 0.15) is 56.2 Å². The lowest BCUT2D eigenvalue weighted by molar-refractivity contribution is -0.138. The molecule has 7 rings (SSSR count). The van der Waals surface area contributed by atoms with Crippen molar-refractivity contribution in [1.29, 1.82) is 0 Å². The maximum atomic E-state index is 13.9. The van der Waals surface area contributed by atoms with Gasteiger partial charge in [-0.2, -0.15) is 5.10 Å². The van der Waals surface area contributed by atoms with Crippen molar-refractivity contribution in [3.8, 4) is 11.5 Å². The van der Waals surface area contributed by atoms with Gasteiger partial charge in [-0.3, -0.25) is 9.69 Å². The van der Waals surface area contributed by atoms with E-state index in [1.807, 2.05) is 49.0 Å². The highest BCUT2D eigenvalue weighted by molar-refractivity contribution is 6.30. The Bertz CT molecular complexity index is 1740. The van der Waals surface area contributed by atoms with Crippen molar-refractivity contribution in [2.24, 2.45) is 5.92 Å². The second kappa shape index (κ2) is 13.3. The van der Waals surface area contributed by atoms with Crippen LogP contribution in [0.3, 0.4) is 0 Å². The fourth-order valence-electron chi connectivity index (χ4n) is 7.93. The first-order valence-corrected chi connectivity index (χ1v) is 17.4. The van der Waals surface area contributed by atoms with Gasteiger partial charge in [0.1, 0.15) is 12.1 Å². The summed E-state index contributed by atoms with van der Waals surface area (Å²) in [5, 5.41) is 6.25. The minimum Gasteiger partial charge on any atom is -0.490 e. The molecule has 2 aliphatic heterocycles. The SMILES string of the molecule is CCOc1cc2c(cc1OCC)C1(CCC(C(=O)N3CCN(c4ncnc5c4cnn5Cc4cccc(Cl)c4)CC3)CC1)N(C)CC2. The molecule has 3 aliphatic rings. The van der Waals surface area contributed by atoms with E-state index in [0.29, 0.717) is 43.8 Å². The quantitative estimate of drug-likeness (QED) is 0.244. The molecule has 0 radical (unpaired) electrons. The minimum absolute atomic E-state index is 0.0514. The average Bonchev–Trinajstić information content (AvgIpc) is 3.50. The maximum Gasteiger partial charge on any atom is 0.225 e. The third-order valence-electron chi connectivity index (χ3n) is 10.4. The van der Waals surface area contributed by atoms with Gasteiger partial charge in [0.15, 0.2) is 17.1 Å². The van der Waals surface area contributed by atoms with Gasteiger partial charge in [0, 0.05) is 49.2 Å². The number of benzene rings is 2. The van der Waals surface area contributed by atoms with Crippen LogP contribution in [-0.4, -0.2) is 88.4 Å². The van der Waals surface area contributed by atoms with E-state index in [1.165, 1.54) is 11.1 Å². The molecule has 0 N–H and O–H groups in total. The zero-order valence-corrected chi connectivity index (χ0v) is 28.4. The molecule has 248 valence electrons. The number of nitrogens with zero attached hydrogens (tertiary/aromatic N) is 7.